The number of benzene rings is 1. The Hall–Kier alpha value is -1.19. The minimum absolute atomic E-state index is 0.0218. The Morgan fingerprint density at radius 2 is 2.00 bits per heavy atom. The molecule has 0 aromatic heterocycles. The van der Waals surface area contributed by atoms with Crippen molar-refractivity contribution in [3.8, 4) is 0 Å². The van der Waals surface area contributed by atoms with Crippen LogP contribution in [0.25, 0.3) is 0 Å². The first-order valence-electron chi connectivity index (χ1n) is 6.56. The minimum Gasteiger partial charge on any atom is -0.345 e. The molecule has 1 aromatic rings. The molecule has 3 heteroatoms. The van der Waals surface area contributed by atoms with Crippen molar-refractivity contribution in [2.75, 3.05) is 0 Å². The van der Waals surface area contributed by atoms with Crippen molar-refractivity contribution in [3.63, 3.8) is 0 Å². The lowest BCUT2D eigenvalue weighted by Crippen LogP contribution is -2.33. The summed E-state index contributed by atoms with van der Waals surface area (Å²) >= 11 is 0. The Kier molecular flexibility index (Phi) is 4.50. The second kappa shape index (κ2) is 6.12. The van der Waals surface area contributed by atoms with Crippen LogP contribution in [-0.2, 0) is 14.3 Å². The molecule has 0 amide bonds. The van der Waals surface area contributed by atoms with Crippen molar-refractivity contribution in [2.24, 2.45) is 0 Å². The van der Waals surface area contributed by atoms with Gasteiger partial charge in [-0.05, 0) is 6.92 Å². The van der Waals surface area contributed by atoms with Gasteiger partial charge >= 0.3 is 0 Å². The molecule has 0 aliphatic carbocycles. The van der Waals surface area contributed by atoms with E-state index in [4.69, 9.17) is 9.47 Å². The maximum Gasteiger partial charge on any atom is 0.184 e. The lowest BCUT2D eigenvalue weighted by Gasteiger charge is -2.34. The Morgan fingerprint density at radius 1 is 1.28 bits per heavy atom. The first-order chi connectivity index (χ1) is 8.69. The van der Waals surface area contributed by atoms with Gasteiger partial charge in [0.2, 0.25) is 0 Å². The number of carbonyl (C=O) groups excluding carboxylic acids is 1. The van der Waals surface area contributed by atoms with Crippen LogP contribution in [0.2, 0.25) is 0 Å². The number of rotatable bonds is 4. The molecule has 1 saturated heterocycles. The lowest BCUT2D eigenvalue weighted by molar-refractivity contribution is -0.243. The Bertz CT molecular complexity index is 388. The average molecular weight is 248 g/mol. The molecule has 98 valence electrons. The van der Waals surface area contributed by atoms with Crippen LogP contribution in [0.1, 0.15) is 45.0 Å². The molecule has 0 N–H and O–H groups in total. The molecule has 1 heterocycles. The summed E-state index contributed by atoms with van der Waals surface area (Å²) in [5.41, 5.74) is 1.01. The summed E-state index contributed by atoms with van der Waals surface area (Å²) in [7, 11) is 0. The summed E-state index contributed by atoms with van der Waals surface area (Å²) in [5, 5.41) is 0. The molecule has 1 aliphatic rings. The summed E-state index contributed by atoms with van der Waals surface area (Å²) in [4.78, 5) is 11.5. The van der Waals surface area contributed by atoms with Crippen molar-refractivity contribution >= 4 is 5.78 Å². The molecule has 3 nitrogen and oxygen atoms in total. The van der Waals surface area contributed by atoms with Crippen molar-refractivity contribution in [2.45, 2.75) is 51.6 Å². The second-order valence-electron chi connectivity index (χ2n) is 4.78. The molecular weight excluding hydrogens is 228 g/mol. The van der Waals surface area contributed by atoms with Gasteiger partial charge in [0.15, 0.2) is 6.29 Å². The zero-order valence-electron chi connectivity index (χ0n) is 11.0. The van der Waals surface area contributed by atoms with Crippen molar-refractivity contribution in [1.29, 1.82) is 0 Å². The van der Waals surface area contributed by atoms with Crippen molar-refractivity contribution < 1.29 is 14.3 Å². The Morgan fingerprint density at radius 3 is 2.67 bits per heavy atom. The van der Waals surface area contributed by atoms with Gasteiger partial charge in [-0.1, -0.05) is 37.3 Å². The van der Waals surface area contributed by atoms with E-state index in [1.54, 1.807) is 0 Å². The fraction of sp³-hybridized carbons (Fsp3) is 0.533. The minimum atomic E-state index is -0.343. The van der Waals surface area contributed by atoms with Gasteiger partial charge in [-0.2, -0.15) is 0 Å². The Labute approximate surface area is 108 Å². The maximum absolute atomic E-state index is 11.5. The highest BCUT2D eigenvalue weighted by atomic mass is 16.7. The predicted octanol–water partition coefficient (Wildman–Crippen LogP) is 3.25. The van der Waals surface area contributed by atoms with E-state index >= 15 is 0 Å². The fourth-order valence-electron chi connectivity index (χ4n) is 2.20. The molecule has 0 radical (unpaired) electrons. The first kappa shape index (κ1) is 13.2. The second-order valence-corrected chi connectivity index (χ2v) is 4.78. The number of Topliss-reactive ketones (excluding diaryl/α,β-unsaturated/α-hetero) is 1. The van der Waals surface area contributed by atoms with Crippen LogP contribution >= 0.6 is 0 Å². The van der Waals surface area contributed by atoms with Crippen LogP contribution in [0.3, 0.4) is 0 Å². The van der Waals surface area contributed by atoms with E-state index in [1.165, 1.54) is 0 Å². The third-order valence-electron chi connectivity index (χ3n) is 3.19. The van der Waals surface area contributed by atoms with E-state index in [9.17, 15) is 4.79 Å². The molecule has 0 bridgehead atoms. The van der Waals surface area contributed by atoms with E-state index in [1.807, 2.05) is 44.2 Å². The monoisotopic (exact) mass is 248 g/mol. The van der Waals surface area contributed by atoms with Gasteiger partial charge in [0.1, 0.15) is 5.78 Å². The summed E-state index contributed by atoms with van der Waals surface area (Å²) in [6.45, 7) is 3.92. The van der Waals surface area contributed by atoms with Gasteiger partial charge in [0, 0.05) is 24.8 Å². The molecule has 0 spiro atoms. The van der Waals surface area contributed by atoms with Crippen LogP contribution in [0.4, 0.5) is 0 Å². The van der Waals surface area contributed by atoms with Gasteiger partial charge in [-0.15, -0.1) is 0 Å². The number of ether oxygens (including phenoxy) is 2. The number of hydrogen-bond donors (Lipinski definition) is 0. The molecular formula is C15H20O3. The standard InChI is InChI=1S/C15H20O3/c1-3-13(16)10-14-9-11(2)17-15(18-14)12-7-5-4-6-8-12/h4-8,11,14-15H,3,9-10H2,1-2H3. The Balaban J connectivity index is 2.03. The average Bonchev–Trinajstić information content (AvgIpc) is 2.39. The molecule has 1 aliphatic heterocycles. The van der Waals surface area contributed by atoms with Gasteiger partial charge in [0.05, 0.1) is 12.2 Å². The van der Waals surface area contributed by atoms with Gasteiger partial charge in [0.25, 0.3) is 0 Å². The van der Waals surface area contributed by atoms with E-state index in [0.29, 0.717) is 12.8 Å². The molecule has 3 atom stereocenters. The van der Waals surface area contributed by atoms with Crippen LogP contribution in [-0.4, -0.2) is 18.0 Å². The normalized spacial score (nSPS) is 28.0. The molecule has 1 fully saturated rings. The molecule has 18 heavy (non-hydrogen) atoms. The van der Waals surface area contributed by atoms with Gasteiger partial charge in [-0.3, -0.25) is 4.79 Å². The predicted molar refractivity (Wildman–Crippen MR) is 69.1 cm³/mol. The van der Waals surface area contributed by atoms with Crippen LogP contribution in [0.15, 0.2) is 30.3 Å². The molecule has 2 rings (SSSR count). The largest absolute Gasteiger partial charge is 0.345 e. The number of ketones is 1. The zero-order valence-corrected chi connectivity index (χ0v) is 11.0. The van der Waals surface area contributed by atoms with Crippen LogP contribution in [0, 0.1) is 0 Å². The van der Waals surface area contributed by atoms with Gasteiger partial charge < -0.3 is 9.47 Å². The van der Waals surface area contributed by atoms with Crippen LogP contribution in [0.5, 0.6) is 0 Å². The van der Waals surface area contributed by atoms with Crippen molar-refractivity contribution in [1.82, 2.24) is 0 Å². The quantitative estimate of drug-likeness (QED) is 0.820. The number of carbonyl (C=O) groups is 1. The van der Waals surface area contributed by atoms with Crippen molar-refractivity contribution in [3.05, 3.63) is 35.9 Å². The SMILES string of the molecule is CCC(=O)CC1CC(C)OC(c2ccccc2)O1. The third-order valence-corrected chi connectivity index (χ3v) is 3.19. The number of hydrogen-bond acceptors (Lipinski definition) is 3. The molecule has 0 saturated carbocycles. The molecule has 1 aromatic carbocycles. The maximum atomic E-state index is 11.5. The highest BCUT2D eigenvalue weighted by Crippen LogP contribution is 2.30. The van der Waals surface area contributed by atoms with E-state index in [0.717, 1.165) is 12.0 Å². The summed E-state index contributed by atoms with van der Waals surface area (Å²) in [6, 6.07) is 9.87. The summed E-state index contributed by atoms with van der Waals surface area (Å²) < 4.78 is 11.7. The topological polar surface area (TPSA) is 35.5 Å². The zero-order chi connectivity index (χ0) is 13.0. The molecule has 3 unspecified atom stereocenters. The highest BCUT2D eigenvalue weighted by molar-refractivity contribution is 5.78. The first-order valence-corrected chi connectivity index (χ1v) is 6.56. The fourth-order valence-corrected chi connectivity index (χ4v) is 2.20. The van der Waals surface area contributed by atoms with E-state index < -0.39 is 0 Å². The van der Waals surface area contributed by atoms with E-state index in [-0.39, 0.29) is 24.3 Å². The lowest BCUT2D eigenvalue weighted by atomic mass is 10.0. The summed E-state index contributed by atoms with van der Waals surface area (Å²) in [6.07, 6.45) is 1.61. The van der Waals surface area contributed by atoms with Crippen LogP contribution < -0.4 is 0 Å². The highest BCUT2D eigenvalue weighted by Gasteiger charge is 2.29. The van der Waals surface area contributed by atoms with Gasteiger partial charge in [-0.25, -0.2) is 0 Å². The smallest absolute Gasteiger partial charge is 0.184 e. The van der Waals surface area contributed by atoms with E-state index in [2.05, 4.69) is 0 Å². The summed E-state index contributed by atoms with van der Waals surface area (Å²) in [5.74, 6) is 0.251. The third kappa shape index (κ3) is 3.40.